The molecule has 1 aliphatic rings. The highest BCUT2D eigenvalue weighted by molar-refractivity contribution is 8.00. The molecule has 1 aliphatic heterocycles. The molecule has 8 nitrogen and oxygen atoms in total. The number of anilines is 1. The fourth-order valence-electron chi connectivity index (χ4n) is 1.64. The minimum absolute atomic E-state index is 0.150. The second-order valence-corrected chi connectivity index (χ2v) is 4.99. The average Bonchev–Trinajstić information content (AvgIpc) is 2.57. The molecule has 0 aromatic carbocycles. The summed E-state index contributed by atoms with van der Waals surface area (Å²) in [6.07, 6.45) is -1.10. The highest BCUT2D eigenvalue weighted by atomic mass is 32.2. The normalized spacial score (nSPS) is 32.9. The van der Waals surface area contributed by atoms with Crippen LogP contribution in [0.25, 0.3) is 0 Å². The third kappa shape index (κ3) is 2.14. The Morgan fingerprint density at radius 1 is 1.47 bits per heavy atom. The Hall–Kier alpha value is -1.16. The molecule has 0 bridgehead atoms. The van der Waals surface area contributed by atoms with Crippen molar-refractivity contribution in [2.24, 2.45) is 0 Å². The van der Waals surface area contributed by atoms with Crippen LogP contribution in [0.4, 0.5) is 5.95 Å². The Labute approximate surface area is 100 Å². The van der Waals surface area contributed by atoms with E-state index in [1.165, 1.54) is 0 Å². The first-order valence-corrected chi connectivity index (χ1v) is 5.82. The van der Waals surface area contributed by atoms with Crippen LogP contribution in [0.1, 0.15) is 5.37 Å². The van der Waals surface area contributed by atoms with E-state index in [1.54, 1.807) is 0 Å². The minimum Gasteiger partial charge on any atom is -0.395 e. The topological polar surface area (TPSA) is 134 Å². The maximum atomic E-state index is 11.5. The van der Waals surface area contributed by atoms with Crippen molar-refractivity contribution >= 4 is 17.7 Å². The van der Waals surface area contributed by atoms with E-state index in [0.717, 1.165) is 22.7 Å². The number of aromatic nitrogens is 3. The number of hydrogen-bond donors (Lipinski definition) is 4. The van der Waals surface area contributed by atoms with Crippen LogP contribution in [0.3, 0.4) is 0 Å². The molecule has 1 saturated heterocycles. The highest BCUT2D eigenvalue weighted by Crippen LogP contribution is 2.40. The zero-order valence-corrected chi connectivity index (χ0v) is 9.49. The molecular weight excluding hydrogens is 248 g/mol. The summed E-state index contributed by atoms with van der Waals surface area (Å²) in [4.78, 5) is 18.6. The van der Waals surface area contributed by atoms with Crippen molar-refractivity contribution in [3.8, 4) is 0 Å². The maximum absolute atomic E-state index is 11.5. The lowest BCUT2D eigenvalue weighted by atomic mass is 10.1. The Balaban J connectivity index is 2.32. The lowest BCUT2D eigenvalue weighted by Crippen LogP contribution is -2.36. The molecule has 0 saturated carbocycles. The van der Waals surface area contributed by atoms with Crippen LogP contribution < -0.4 is 11.4 Å². The predicted octanol–water partition coefficient (Wildman–Crippen LogP) is -2.45. The van der Waals surface area contributed by atoms with Crippen LogP contribution in [0.2, 0.25) is 0 Å². The maximum Gasteiger partial charge on any atom is 0.353 e. The number of aliphatic hydroxyl groups excluding tert-OH is 3. The van der Waals surface area contributed by atoms with Gasteiger partial charge in [0, 0.05) is 0 Å². The van der Waals surface area contributed by atoms with E-state index >= 15 is 0 Å². The Morgan fingerprint density at radius 3 is 2.71 bits per heavy atom. The van der Waals surface area contributed by atoms with Crippen molar-refractivity contribution in [2.45, 2.75) is 22.8 Å². The third-order valence-corrected chi connectivity index (χ3v) is 4.10. The number of nitrogens with two attached hydrogens (primary N) is 1. The van der Waals surface area contributed by atoms with Gasteiger partial charge < -0.3 is 21.1 Å². The quantitative estimate of drug-likeness (QED) is 0.460. The van der Waals surface area contributed by atoms with E-state index < -0.39 is 28.5 Å². The summed E-state index contributed by atoms with van der Waals surface area (Å²) < 4.78 is 1.09. The van der Waals surface area contributed by atoms with Gasteiger partial charge in [0.2, 0.25) is 5.95 Å². The first-order valence-electron chi connectivity index (χ1n) is 4.87. The fraction of sp³-hybridized carbons (Fsp3) is 0.625. The van der Waals surface area contributed by atoms with Gasteiger partial charge in [-0.15, -0.1) is 11.8 Å². The molecule has 2 heterocycles. The zero-order valence-electron chi connectivity index (χ0n) is 8.67. The van der Waals surface area contributed by atoms with Crippen LogP contribution >= 0.6 is 11.8 Å². The largest absolute Gasteiger partial charge is 0.395 e. The molecule has 0 radical (unpaired) electrons. The molecule has 0 aliphatic carbocycles. The predicted molar refractivity (Wildman–Crippen MR) is 60.2 cm³/mol. The smallest absolute Gasteiger partial charge is 0.353 e. The van der Waals surface area contributed by atoms with Gasteiger partial charge in [-0.1, -0.05) is 0 Å². The molecule has 5 N–H and O–H groups in total. The molecule has 2 rings (SSSR count). The van der Waals surface area contributed by atoms with Crippen LogP contribution in [0.15, 0.2) is 11.1 Å². The lowest BCUT2D eigenvalue weighted by molar-refractivity contribution is 0.00999. The molecule has 1 fully saturated rings. The van der Waals surface area contributed by atoms with Gasteiger partial charge in [0.15, 0.2) is 0 Å². The van der Waals surface area contributed by atoms with Crippen LogP contribution in [-0.4, -0.2) is 53.9 Å². The van der Waals surface area contributed by atoms with Gasteiger partial charge in [-0.2, -0.15) is 4.98 Å². The standard InChI is InChI=1S/C8H12N4O4S/c9-7-10-2-12(8(16)11-7)6-5(15)4(14)3(1-13)17-6/h2-6,13-15H,1H2,(H2,9,11,16)/t3-,4-,5+,6-/m1/s1. The summed E-state index contributed by atoms with van der Waals surface area (Å²) in [7, 11) is 0. The van der Waals surface area contributed by atoms with Gasteiger partial charge >= 0.3 is 5.69 Å². The van der Waals surface area contributed by atoms with Crippen LogP contribution in [-0.2, 0) is 0 Å². The van der Waals surface area contributed by atoms with E-state index in [2.05, 4.69) is 9.97 Å². The van der Waals surface area contributed by atoms with E-state index in [9.17, 15) is 15.0 Å². The lowest BCUT2D eigenvalue weighted by Gasteiger charge is -2.16. The minimum atomic E-state index is -1.16. The molecule has 1 aromatic rings. The van der Waals surface area contributed by atoms with Gasteiger partial charge in [-0.3, -0.25) is 4.57 Å². The Morgan fingerprint density at radius 2 is 2.18 bits per heavy atom. The summed E-state index contributed by atoms with van der Waals surface area (Å²) in [6.45, 7) is -0.288. The average molecular weight is 260 g/mol. The van der Waals surface area contributed by atoms with Crippen LogP contribution in [0.5, 0.6) is 0 Å². The van der Waals surface area contributed by atoms with Crippen molar-refractivity contribution in [3.05, 3.63) is 16.8 Å². The first-order chi connectivity index (χ1) is 8.04. The van der Waals surface area contributed by atoms with Crippen molar-refractivity contribution in [1.29, 1.82) is 0 Å². The highest BCUT2D eigenvalue weighted by Gasteiger charge is 2.43. The van der Waals surface area contributed by atoms with Gasteiger partial charge in [0.25, 0.3) is 0 Å². The van der Waals surface area contributed by atoms with Gasteiger partial charge in [0.05, 0.1) is 18.0 Å². The third-order valence-electron chi connectivity index (χ3n) is 2.54. The van der Waals surface area contributed by atoms with E-state index in [-0.39, 0.29) is 12.6 Å². The number of rotatable bonds is 2. The number of nitrogen functional groups attached to an aromatic ring is 1. The zero-order chi connectivity index (χ0) is 12.6. The number of aliphatic hydroxyl groups is 3. The second kappa shape index (κ2) is 4.61. The van der Waals surface area contributed by atoms with Gasteiger partial charge in [-0.25, -0.2) is 9.78 Å². The molecule has 4 atom stereocenters. The van der Waals surface area contributed by atoms with Gasteiger partial charge in [0.1, 0.15) is 17.8 Å². The summed E-state index contributed by atoms with van der Waals surface area (Å²) >= 11 is 1.09. The Kier molecular flexibility index (Phi) is 3.33. The second-order valence-electron chi connectivity index (χ2n) is 3.63. The molecule has 1 aromatic heterocycles. The van der Waals surface area contributed by atoms with E-state index in [0.29, 0.717) is 0 Å². The molecule has 94 valence electrons. The molecule has 0 amide bonds. The monoisotopic (exact) mass is 260 g/mol. The summed E-state index contributed by atoms with van der Waals surface area (Å²) in [5.74, 6) is -0.150. The molecule has 17 heavy (non-hydrogen) atoms. The van der Waals surface area contributed by atoms with Gasteiger partial charge in [-0.05, 0) is 0 Å². The number of nitrogens with zero attached hydrogens (tertiary/aromatic N) is 3. The van der Waals surface area contributed by atoms with E-state index in [1.807, 2.05) is 0 Å². The SMILES string of the molecule is Nc1ncn([C@@H]2S[C@H](CO)[C@@H](O)[C@@H]2O)c(=O)n1. The van der Waals surface area contributed by atoms with Crippen LogP contribution in [0, 0.1) is 0 Å². The Bertz CT molecular complexity index is 467. The molecule has 0 unspecified atom stereocenters. The summed E-state index contributed by atoms with van der Waals surface area (Å²) in [6, 6.07) is 0. The molecule has 9 heteroatoms. The van der Waals surface area contributed by atoms with Crippen molar-refractivity contribution in [1.82, 2.24) is 14.5 Å². The summed E-state index contributed by atoms with van der Waals surface area (Å²) in [5.41, 5.74) is 4.59. The molecule has 0 spiro atoms. The molecular formula is C8H12N4O4S. The first kappa shape index (κ1) is 12.3. The summed E-state index contributed by atoms with van der Waals surface area (Å²) in [5, 5.41) is 27.1. The van der Waals surface area contributed by atoms with E-state index in [4.69, 9.17) is 10.8 Å². The fourth-order valence-corrected chi connectivity index (χ4v) is 3.00. The van der Waals surface area contributed by atoms with Crippen molar-refractivity contribution < 1.29 is 15.3 Å². The number of hydrogen-bond acceptors (Lipinski definition) is 8. The van der Waals surface area contributed by atoms with Crippen molar-refractivity contribution in [3.63, 3.8) is 0 Å². The number of thioether (sulfide) groups is 1. The van der Waals surface area contributed by atoms with Crippen molar-refractivity contribution in [2.75, 3.05) is 12.3 Å².